The van der Waals surface area contributed by atoms with Gasteiger partial charge in [0.25, 0.3) is 5.91 Å². The first-order valence-corrected chi connectivity index (χ1v) is 8.10. The monoisotopic (exact) mass is 363 g/mol. The largest absolute Gasteiger partial charge is 0.352 e. The van der Waals surface area contributed by atoms with Gasteiger partial charge in [-0.2, -0.15) is 0 Å². The second-order valence-corrected chi connectivity index (χ2v) is 7.15. The Morgan fingerprint density at radius 1 is 1.16 bits per heavy atom. The smallest absolute Gasteiger partial charge is 0.251 e. The van der Waals surface area contributed by atoms with Crippen molar-refractivity contribution in [3.63, 3.8) is 0 Å². The maximum atomic E-state index is 12.0. The van der Waals surface area contributed by atoms with Crippen molar-refractivity contribution < 1.29 is 4.79 Å². The van der Waals surface area contributed by atoms with Gasteiger partial charge >= 0.3 is 0 Å². The standard InChI is InChI=1S/C14H16BrCl2NO/c15-11-3-1-9(2-4-11)8-18-14(19)10-5-12(16)7-13(17)6-10/h5-7,9,11H,1-4,8H2,(H,18,19). The molecule has 1 amide bonds. The highest BCUT2D eigenvalue weighted by molar-refractivity contribution is 9.09. The van der Waals surface area contributed by atoms with Gasteiger partial charge in [0.1, 0.15) is 0 Å². The number of amides is 1. The van der Waals surface area contributed by atoms with Gasteiger partial charge in [-0.25, -0.2) is 0 Å². The number of nitrogens with one attached hydrogen (secondary N) is 1. The third kappa shape index (κ3) is 4.66. The Hall–Kier alpha value is -0.250. The number of alkyl halides is 1. The summed E-state index contributed by atoms with van der Waals surface area (Å²) in [7, 11) is 0. The Morgan fingerprint density at radius 2 is 1.74 bits per heavy atom. The van der Waals surface area contributed by atoms with Crippen molar-refractivity contribution in [1.82, 2.24) is 5.32 Å². The fraction of sp³-hybridized carbons (Fsp3) is 0.500. The van der Waals surface area contributed by atoms with E-state index in [4.69, 9.17) is 23.2 Å². The van der Waals surface area contributed by atoms with Gasteiger partial charge in [-0.1, -0.05) is 39.1 Å². The van der Waals surface area contributed by atoms with E-state index in [0.717, 1.165) is 19.4 Å². The molecule has 1 aliphatic carbocycles. The lowest BCUT2D eigenvalue weighted by molar-refractivity contribution is 0.0944. The number of carbonyl (C=O) groups excluding carboxylic acids is 1. The van der Waals surface area contributed by atoms with E-state index in [1.807, 2.05) is 0 Å². The molecular formula is C14H16BrCl2NO. The minimum Gasteiger partial charge on any atom is -0.352 e. The third-order valence-electron chi connectivity index (χ3n) is 3.45. The molecule has 0 spiro atoms. The van der Waals surface area contributed by atoms with E-state index in [1.54, 1.807) is 18.2 Å². The van der Waals surface area contributed by atoms with Crippen molar-refractivity contribution in [2.45, 2.75) is 30.5 Å². The number of halogens is 3. The molecule has 104 valence electrons. The second kappa shape index (κ2) is 6.96. The molecule has 0 radical (unpaired) electrons. The van der Waals surface area contributed by atoms with Crippen molar-refractivity contribution in [2.75, 3.05) is 6.54 Å². The fourth-order valence-electron chi connectivity index (χ4n) is 2.35. The van der Waals surface area contributed by atoms with Gasteiger partial charge in [-0.05, 0) is 49.8 Å². The second-order valence-electron chi connectivity index (χ2n) is 4.99. The summed E-state index contributed by atoms with van der Waals surface area (Å²) in [5.74, 6) is 0.470. The van der Waals surface area contributed by atoms with Gasteiger partial charge in [-0.15, -0.1) is 0 Å². The molecule has 1 saturated carbocycles. The summed E-state index contributed by atoms with van der Waals surface area (Å²) in [6, 6.07) is 4.90. The summed E-state index contributed by atoms with van der Waals surface area (Å²) in [4.78, 5) is 12.7. The van der Waals surface area contributed by atoms with E-state index < -0.39 is 0 Å². The Balaban J connectivity index is 1.87. The first kappa shape index (κ1) is 15.1. The van der Waals surface area contributed by atoms with Crippen LogP contribution in [0.1, 0.15) is 36.0 Å². The highest BCUT2D eigenvalue weighted by Gasteiger charge is 2.19. The molecule has 5 heteroatoms. The van der Waals surface area contributed by atoms with Crippen LogP contribution in [0.3, 0.4) is 0 Å². The molecule has 1 fully saturated rings. The van der Waals surface area contributed by atoms with Crippen molar-refractivity contribution in [2.24, 2.45) is 5.92 Å². The zero-order valence-corrected chi connectivity index (χ0v) is 13.6. The van der Waals surface area contributed by atoms with Crippen LogP contribution in [-0.4, -0.2) is 17.3 Å². The SMILES string of the molecule is O=C(NCC1CCC(Br)CC1)c1cc(Cl)cc(Cl)c1. The van der Waals surface area contributed by atoms with E-state index in [-0.39, 0.29) is 5.91 Å². The predicted octanol–water partition coefficient (Wildman–Crippen LogP) is 4.68. The Morgan fingerprint density at radius 3 is 2.32 bits per heavy atom. The number of carbonyl (C=O) groups is 1. The van der Waals surface area contributed by atoms with Crippen LogP contribution in [0, 0.1) is 5.92 Å². The van der Waals surface area contributed by atoms with Crippen molar-refractivity contribution in [3.05, 3.63) is 33.8 Å². The van der Waals surface area contributed by atoms with Crippen LogP contribution in [-0.2, 0) is 0 Å². The summed E-state index contributed by atoms with van der Waals surface area (Å²) in [5, 5.41) is 3.93. The quantitative estimate of drug-likeness (QED) is 0.775. The average Bonchev–Trinajstić information content (AvgIpc) is 2.36. The minimum atomic E-state index is -0.106. The van der Waals surface area contributed by atoms with E-state index in [2.05, 4.69) is 21.2 Å². The van der Waals surface area contributed by atoms with Crippen LogP contribution in [0.2, 0.25) is 10.0 Å². The first-order valence-electron chi connectivity index (χ1n) is 6.43. The van der Waals surface area contributed by atoms with E-state index in [9.17, 15) is 4.79 Å². The molecule has 0 unspecified atom stereocenters. The highest BCUT2D eigenvalue weighted by atomic mass is 79.9. The molecule has 1 aliphatic rings. The predicted molar refractivity (Wildman–Crippen MR) is 83.5 cm³/mol. The number of hydrogen-bond donors (Lipinski definition) is 1. The molecule has 0 atom stereocenters. The molecule has 2 rings (SSSR count). The topological polar surface area (TPSA) is 29.1 Å². The molecule has 0 aliphatic heterocycles. The van der Waals surface area contributed by atoms with Gasteiger partial charge in [0, 0.05) is 27.0 Å². The van der Waals surface area contributed by atoms with E-state index in [0.29, 0.717) is 26.4 Å². The summed E-state index contributed by atoms with van der Waals surface area (Å²) >= 11 is 15.4. The zero-order valence-electron chi connectivity index (χ0n) is 10.5. The van der Waals surface area contributed by atoms with Crippen molar-refractivity contribution >= 4 is 45.0 Å². The highest BCUT2D eigenvalue weighted by Crippen LogP contribution is 2.28. The van der Waals surface area contributed by atoms with E-state index >= 15 is 0 Å². The fourth-order valence-corrected chi connectivity index (χ4v) is 3.40. The maximum absolute atomic E-state index is 12.0. The van der Waals surface area contributed by atoms with Crippen LogP contribution in [0.5, 0.6) is 0 Å². The summed E-state index contributed by atoms with van der Waals surface area (Å²) in [6.45, 7) is 0.725. The normalized spacial score (nSPS) is 23.1. The minimum absolute atomic E-state index is 0.106. The van der Waals surface area contributed by atoms with Crippen molar-refractivity contribution in [3.8, 4) is 0 Å². The lowest BCUT2D eigenvalue weighted by Gasteiger charge is -2.25. The molecule has 19 heavy (non-hydrogen) atoms. The van der Waals surface area contributed by atoms with Crippen molar-refractivity contribution in [1.29, 1.82) is 0 Å². The molecule has 0 heterocycles. The van der Waals surface area contributed by atoms with Crippen LogP contribution >= 0.6 is 39.1 Å². The Labute approximate surface area is 132 Å². The van der Waals surface area contributed by atoms with Crippen LogP contribution in [0.25, 0.3) is 0 Å². The van der Waals surface area contributed by atoms with Crippen LogP contribution < -0.4 is 5.32 Å². The molecule has 0 aromatic heterocycles. The van der Waals surface area contributed by atoms with Gasteiger partial charge < -0.3 is 5.32 Å². The number of hydrogen-bond acceptors (Lipinski definition) is 1. The Bertz CT molecular complexity index is 439. The lowest BCUT2D eigenvalue weighted by atomic mass is 9.89. The summed E-state index contributed by atoms with van der Waals surface area (Å²) in [5.41, 5.74) is 0.520. The molecular weight excluding hydrogens is 349 g/mol. The van der Waals surface area contributed by atoms with Gasteiger partial charge in [0.05, 0.1) is 0 Å². The van der Waals surface area contributed by atoms with Gasteiger partial charge in [0.2, 0.25) is 0 Å². The molecule has 1 aromatic carbocycles. The molecule has 2 nitrogen and oxygen atoms in total. The Kier molecular flexibility index (Phi) is 5.55. The number of rotatable bonds is 3. The van der Waals surface area contributed by atoms with Crippen LogP contribution in [0.4, 0.5) is 0 Å². The zero-order chi connectivity index (χ0) is 13.8. The molecule has 1 N–H and O–H groups in total. The molecule has 0 saturated heterocycles. The maximum Gasteiger partial charge on any atom is 0.251 e. The summed E-state index contributed by atoms with van der Waals surface area (Å²) < 4.78 is 0. The van der Waals surface area contributed by atoms with E-state index in [1.165, 1.54) is 12.8 Å². The van der Waals surface area contributed by atoms with Gasteiger partial charge in [0.15, 0.2) is 0 Å². The first-order chi connectivity index (χ1) is 9.04. The number of benzene rings is 1. The lowest BCUT2D eigenvalue weighted by Crippen LogP contribution is -2.31. The molecule has 1 aromatic rings. The van der Waals surface area contributed by atoms with Gasteiger partial charge in [-0.3, -0.25) is 4.79 Å². The molecule has 0 bridgehead atoms. The van der Waals surface area contributed by atoms with Crippen LogP contribution in [0.15, 0.2) is 18.2 Å². The average molecular weight is 365 g/mol. The third-order valence-corrected chi connectivity index (χ3v) is 4.80. The summed E-state index contributed by atoms with van der Waals surface area (Å²) in [6.07, 6.45) is 4.69.